The van der Waals surface area contributed by atoms with Gasteiger partial charge in [0.1, 0.15) is 0 Å². The van der Waals surface area contributed by atoms with Crippen molar-refractivity contribution < 1.29 is 14.7 Å². The molecule has 126 valence electrons. The molecule has 1 heterocycles. The van der Waals surface area contributed by atoms with Gasteiger partial charge in [-0.2, -0.15) is 0 Å². The summed E-state index contributed by atoms with van der Waals surface area (Å²) >= 11 is 0. The Bertz CT molecular complexity index is 921. The minimum atomic E-state index is -0.951. The third-order valence-corrected chi connectivity index (χ3v) is 4.03. The van der Waals surface area contributed by atoms with Crippen molar-refractivity contribution >= 4 is 22.6 Å². The zero-order chi connectivity index (χ0) is 17.6. The number of nitrogens with one attached hydrogen (secondary N) is 1. The molecule has 0 saturated carbocycles. The molecule has 0 aliphatic heterocycles. The lowest BCUT2D eigenvalue weighted by atomic mass is 10.0. The maximum Gasteiger partial charge on any atom is 0.335 e. The molecule has 0 spiro atoms. The van der Waals surface area contributed by atoms with Crippen LogP contribution in [-0.2, 0) is 17.6 Å². The Labute approximate surface area is 145 Å². The summed E-state index contributed by atoms with van der Waals surface area (Å²) in [5.41, 5.74) is 1.93. The van der Waals surface area contributed by atoms with Crippen LogP contribution >= 0.6 is 0 Å². The maximum absolute atomic E-state index is 12.1. The first-order valence-electron chi connectivity index (χ1n) is 8.04. The Balaban J connectivity index is 1.57. The number of aromatic nitrogens is 1. The van der Waals surface area contributed by atoms with Crippen molar-refractivity contribution in [3.63, 3.8) is 0 Å². The molecule has 5 nitrogen and oxygen atoms in total. The van der Waals surface area contributed by atoms with E-state index < -0.39 is 5.97 Å². The molecule has 5 heteroatoms. The van der Waals surface area contributed by atoms with E-state index in [9.17, 15) is 9.59 Å². The molecule has 0 unspecified atom stereocenters. The van der Waals surface area contributed by atoms with Crippen LogP contribution in [0, 0.1) is 0 Å². The SMILES string of the molecule is O=C(Cc1ccc2cnccc2c1)NCCc1ccccc1C(=O)O. The number of carbonyl (C=O) groups excluding carboxylic acids is 1. The van der Waals surface area contributed by atoms with E-state index in [0.717, 1.165) is 16.3 Å². The van der Waals surface area contributed by atoms with Gasteiger partial charge >= 0.3 is 5.97 Å². The molecule has 2 N–H and O–H groups in total. The maximum atomic E-state index is 12.1. The number of nitrogens with zero attached hydrogens (tertiary/aromatic N) is 1. The second-order valence-electron chi connectivity index (χ2n) is 5.80. The summed E-state index contributed by atoms with van der Waals surface area (Å²) in [6.07, 6.45) is 4.29. The number of aromatic carboxylic acids is 1. The van der Waals surface area contributed by atoms with Gasteiger partial charge in [0.05, 0.1) is 12.0 Å². The van der Waals surface area contributed by atoms with E-state index >= 15 is 0 Å². The van der Waals surface area contributed by atoms with Gasteiger partial charge in [0.2, 0.25) is 5.91 Å². The van der Waals surface area contributed by atoms with E-state index in [1.165, 1.54) is 0 Å². The monoisotopic (exact) mass is 334 g/mol. The van der Waals surface area contributed by atoms with Crippen LogP contribution in [0.2, 0.25) is 0 Å². The van der Waals surface area contributed by atoms with Crippen LogP contribution in [0.25, 0.3) is 10.8 Å². The molecule has 0 aliphatic rings. The molecule has 2 aromatic carbocycles. The molecular weight excluding hydrogens is 316 g/mol. The van der Waals surface area contributed by atoms with Gasteiger partial charge in [-0.1, -0.05) is 36.4 Å². The molecule has 25 heavy (non-hydrogen) atoms. The predicted octanol–water partition coefficient (Wildman–Crippen LogP) is 2.83. The number of rotatable bonds is 6. The van der Waals surface area contributed by atoms with Crippen molar-refractivity contribution in [2.45, 2.75) is 12.8 Å². The van der Waals surface area contributed by atoms with E-state index in [2.05, 4.69) is 10.3 Å². The van der Waals surface area contributed by atoms with Crippen molar-refractivity contribution in [1.82, 2.24) is 10.3 Å². The van der Waals surface area contributed by atoms with Gasteiger partial charge in [0.25, 0.3) is 0 Å². The van der Waals surface area contributed by atoms with Gasteiger partial charge in [-0.25, -0.2) is 4.79 Å². The molecule has 3 rings (SSSR count). The Morgan fingerprint density at radius 3 is 2.72 bits per heavy atom. The number of carbonyl (C=O) groups is 2. The largest absolute Gasteiger partial charge is 0.478 e. The molecule has 0 atom stereocenters. The normalized spacial score (nSPS) is 10.6. The average Bonchev–Trinajstić information content (AvgIpc) is 2.62. The Morgan fingerprint density at radius 1 is 1.04 bits per heavy atom. The lowest BCUT2D eigenvalue weighted by molar-refractivity contribution is -0.120. The van der Waals surface area contributed by atoms with Gasteiger partial charge in [-0.05, 0) is 35.1 Å². The number of fused-ring (bicyclic) bond motifs is 1. The quantitative estimate of drug-likeness (QED) is 0.726. The average molecular weight is 334 g/mol. The molecule has 3 aromatic rings. The van der Waals surface area contributed by atoms with Crippen LogP contribution in [0.15, 0.2) is 60.9 Å². The fourth-order valence-electron chi connectivity index (χ4n) is 2.77. The van der Waals surface area contributed by atoms with E-state index in [0.29, 0.717) is 24.9 Å². The summed E-state index contributed by atoms with van der Waals surface area (Å²) in [6, 6.07) is 14.6. The highest BCUT2D eigenvalue weighted by atomic mass is 16.4. The fraction of sp³-hybridized carbons (Fsp3) is 0.150. The molecule has 0 aliphatic carbocycles. The third-order valence-electron chi connectivity index (χ3n) is 4.03. The number of benzene rings is 2. The third kappa shape index (κ3) is 4.20. The Kier molecular flexibility index (Phi) is 5.04. The van der Waals surface area contributed by atoms with Crippen molar-refractivity contribution in [3.05, 3.63) is 77.6 Å². The summed E-state index contributed by atoms with van der Waals surface area (Å²) in [6.45, 7) is 0.403. The number of carboxylic acids is 1. The Morgan fingerprint density at radius 2 is 1.88 bits per heavy atom. The Hall–Kier alpha value is -3.21. The minimum Gasteiger partial charge on any atom is -0.478 e. The van der Waals surface area contributed by atoms with Gasteiger partial charge in [-0.3, -0.25) is 9.78 Å². The standard InChI is InChI=1S/C20H18N2O3/c23-19(12-14-5-6-17-13-21-9-7-16(17)11-14)22-10-8-15-3-1-2-4-18(15)20(24)25/h1-7,9,11,13H,8,10,12H2,(H,22,23)(H,24,25). The van der Waals surface area contributed by atoms with Gasteiger partial charge in [-0.15, -0.1) is 0 Å². The first-order chi connectivity index (χ1) is 12.1. The minimum absolute atomic E-state index is 0.0822. The molecule has 0 radical (unpaired) electrons. The fourth-order valence-corrected chi connectivity index (χ4v) is 2.77. The molecule has 1 amide bonds. The smallest absolute Gasteiger partial charge is 0.335 e. The molecule has 0 fully saturated rings. The first-order valence-corrected chi connectivity index (χ1v) is 8.04. The summed E-state index contributed by atoms with van der Waals surface area (Å²) < 4.78 is 0. The number of hydrogen-bond acceptors (Lipinski definition) is 3. The van der Waals surface area contributed by atoms with E-state index in [4.69, 9.17) is 5.11 Å². The van der Waals surface area contributed by atoms with Gasteiger partial charge in [0.15, 0.2) is 0 Å². The van der Waals surface area contributed by atoms with E-state index in [-0.39, 0.29) is 11.5 Å². The molecular formula is C20H18N2O3. The van der Waals surface area contributed by atoms with Crippen LogP contribution in [0.4, 0.5) is 0 Å². The summed E-state index contributed by atoms with van der Waals surface area (Å²) in [5, 5.41) is 14.1. The van der Waals surface area contributed by atoms with Crippen LogP contribution in [0.3, 0.4) is 0 Å². The zero-order valence-corrected chi connectivity index (χ0v) is 13.6. The lowest BCUT2D eigenvalue weighted by Crippen LogP contribution is -2.27. The van der Waals surface area contributed by atoms with Crippen LogP contribution in [0.5, 0.6) is 0 Å². The lowest BCUT2D eigenvalue weighted by Gasteiger charge is -2.08. The second-order valence-corrected chi connectivity index (χ2v) is 5.80. The zero-order valence-electron chi connectivity index (χ0n) is 13.6. The van der Waals surface area contributed by atoms with Crippen LogP contribution < -0.4 is 5.32 Å². The van der Waals surface area contributed by atoms with Gasteiger partial charge in [0, 0.05) is 24.3 Å². The van der Waals surface area contributed by atoms with E-state index in [1.807, 2.05) is 24.3 Å². The van der Waals surface area contributed by atoms with Crippen molar-refractivity contribution in [3.8, 4) is 0 Å². The molecule has 0 bridgehead atoms. The second kappa shape index (κ2) is 7.57. The number of pyridine rings is 1. The van der Waals surface area contributed by atoms with Crippen LogP contribution in [-0.4, -0.2) is 28.5 Å². The topological polar surface area (TPSA) is 79.3 Å². The predicted molar refractivity (Wildman–Crippen MR) is 95.6 cm³/mol. The van der Waals surface area contributed by atoms with Crippen molar-refractivity contribution in [1.29, 1.82) is 0 Å². The first kappa shape index (κ1) is 16.6. The molecule has 1 aromatic heterocycles. The summed E-state index contributed by atoms with van der Waals surface area (Å²) in [5.74, 6) is -1.03. The van der Waals surface area contributed by atoms with Crippen molar-refractivity contribution in [2.24, 2.45) is 0 Å². The summed E-state index contributed by atoms with van der Waals surface area (Å²) in [7, 11) is 0. The van der Waals surface area contributed by atoms with Gasteiger partial charge < -0.3 is 10.4 Å². The molecule has 0 saturated heterocycles. The number of hydrogen-bond donors (Lipinski definition) is 2. The highest BCUT2D eigenvalue weighted by Gasteiger charge is 2.09. The van der Waals surface area contributed by atoms with E-state index in [1.54, 1.807) is 36.7 Å². The summed E-state index contributed by atoms with van der Waals surface area (Å²) in [4.78, 5) is 27.4. The number of carboxylic acid groups (broad SMARTS) is 1. The van der Waals surface area contributed by atoms with Crippen molar-refractivity contribution in [2.75, 3.05) is 6.54 Å². The highest BCUT2D eigenvalue weighted by Crippen LogP contribution is 2.15. The highest BCUT2D eigenvalue weighted by molar-refractivity contribution is 5.89. The van der Waals surface area contributed by atoms with Crippen LogP contribution in [0.1, 0.15) is 21.5 Å². The number of amides is 1.